The number of hydrogen-bond donors (Lipinski definition) is 0. The van der Waals surface area contributed by atoms with Crippen molar-refractivity contribution < 1.29 is 17.9 Å². The van der Waals surface area contributed by atoms with Gasteiger partial charge in [-0.15, -0.1) is 5.10 Å². The molecule has 10 heteroatoms. The third kappa shape index (κ3) is 2.11. The number of rotatable bonds is 3. The first-order chi connectivity index (χ1) is 7.95. The van der Waals surface area contributed by atoms with Crippen molar-refractivity contribution in [2.75, 3.05) is 14.2 Å². The van der Waals surface area contributed by atoms with E-state index in [0.29, 0.717) is 0 Å². The number of nitrogens with zero attached hydrogens (tertiary/aromatic N) is 4. The van der Waals surface area contributed by atoms with Gasteiger partial charge in [-0.1, -0.05) is 0 Å². The first-order valence-electron chi connectivity index (χ1n) is 4.26. The van der Waals surface area contributed by atoms with E-state index >= 15 is 0 Å². The van der Waals surface area contributed by atoms with E-state index in [-0.39, 0.29) is 17.5 Å². The normalized spacial score (nSPS) is 11.7. The minimum Gasteiger partial charge on any atom is -0.481 e. The maximum atomic E-state index is 11.1. The van der Waals surface area contributed by atoms with Gasteiger partial charge >= 0.3 is 0 Å². The van der Waals surface area contributed by atoms with Crippen LogP contribution in [0.25, 0.3) is 5.78 Å². The van der Waals surface area contributed by atoms with Gasteiger partial charge in [0.25, 0.3) is 20.0 Å². The van der Waals surface area contributed by atoms with Crippen LogP contribution in [0.4, 0.5) is 0 Å². The zero-order valence-electron chi connectivity index (χ0n) is 8.79. The van der Waals surface area contributed by atoms with E-state index in [2.05, 4.69) is 15.1 Å². The van der Waals surface area contributed by atoms with Crippen LogP contribution in [-0.4, -0.2) is 42.2 Å². The van der Waals surface area contributed by atoms with Gasteiger partial charge in [0, 0.05) is 10.7 Å². The summed E-state index contributed by atoms with van der Waals surface area (Å²) in [6.45, 7) is 0. The predicted octanol–water partition coefficient (Wildman–Crippen LogP) is 0.0690. The maximum Gasteiger partial charge on any atom is 0.298 e. The highest BCUT2D eigenvalue weighted by atomic mass is 35.7. The third-order valence-electron chi connectivity index (χ3n) is 1.87. The lowest BCUT2D eigenvalue weighted by molar-refractivity contribution is 0.364. The van der Waals surface area contributed by atoms with E-state index in [0.717, 1.165) is 4.52 Å². The van der Waals surface area contributed by atoms with Crippen molar-refractivity contribution in [3.8, 4) is 11.8 Å². The molecule has 0 unspecified atom stereocenters. The summed E-state index contributed by atoms with van der Waals surface area (Å²) in [6, 6.07) is 1.44. The van der Waals surface area contributed by atoms with Gasteiger partial charge < -0.3 is 9.47 Å². The standard InChI is InChI=1S/C7H7ClN4O4S/c1-15-4-3-5(16-2)12-6(9-4)10-7(11-12)17(8,13)14/h3H,1-2H3. The molecule has 17 heavy (non-hydrogen) atoms. The van der Waals surface area contributed by atoms with E-state index in [9.17, 15) is 8.42 Å². The lowest BCUT2D eigenvalue weighted by atomic mass is 10.6. The molecule has 0 aliphatic rings. The van der Waals surface area contributed by atoms with Crippen LogP contribution in [0, 0.1) is 0 Å². The zero-order chi connectivity index (χ0) is 12.6. The number of halogens is 1. The zero-order valence-corrected chi connectivity index (χ0v) is 10.4. The van der Waals surface area contributed by atoms with Crippen LogP contribution in [-0.2, 0) is 9.05 Å². The minimum atomic E-state index is -4.02. The highest BCUT2D eigenvalue weighted by molar-refractivity contribution is 8.13. The predicted molar refractivity (Wildman–Crippen MR) is 56.9 cm³/mol. The second-order valence-electron chi connectivity index (χ2n) is 2.88. The molecular formula is C7H7ClN4O4S. The van der Waals surface area contributed by atoms with Gasteiger partial charge in [0.1, 0.15) is 0 Å². The lowest BCUT2D eigenvalue weighted by Crippen LogP contribution is -2.00. The average molecular weight is 279 g/mol. The Labute approximate surface area is 101 Å². The Bertz CT molecular complexity index is 668. The van der Waals surface area contributed by atoms with Crippen molar-refractivity contribution in [1.29, 1.82) is 0 Å². The van der Waals surface area contributed by atoms with Crippen molar-refractivity contribution in [1.82, 2.24) is 19.6 Å². The summed E-state index contributed by atoms with van der Waals surface area (Å²) >= 11 is 0. The van der Waals surface area contributed by atoms with Crippen molar-refractivity contribution >= 4 is 25.5 Å². The number of methoxy groups -OCH3 is 2. The summed E-state index contributed by atoms with van der Waals surface area (Å²) < 4.78 is 33.2. The molecule has 0 fully saturated rings. The molecule has 2 rings (SSSR count). The summed E-state index contributed by atoms with van der Waals surface area (Å²) in [4.78, 5) is 7.56. The molecule has 0 saturated heterocycles. The summed E-state index contributed by atoms with van der Waals surface area (Å²) in [7, 11) is 3.92. The quantitative estimate of drug-likeness (QED) is 0.733. The second-order valence-corrected chi connectivity index (χ2v) is 5.34. The van der Waals surface area contributed by atoms with Gasteiger partial charge in [-0.3, -0.25) is 0 Å². The van der Waals surface area contributed by atoms with E-state index in [1.165, 1.54) is 20.3 Å². The summed E-state index contributed by atoms with van der Waals surface area (Å²) in [5, 5.41) is 3.13. The average Bonchev–Trinajstić information content (AvgIpc) is 2.70. The van der Waals surface area contributed by atoms with Gasteiger partial charge in [-0.25, -0.2) is 8.42 Å². The maximum absolute atomic E-state index is 11.1. The van der Waals surface area contributed by atoms with Crippen molar-refractivity contribution in [2.45, 2.75) is 5.16 Å². The second kappa shape index (κ2) is 4.00. The van der Waals surface area contributed by atoms with Gasteiger partial charge in [0.15, 0.2) is 0 Å². The molecule has 0 atom stereocenters. The Kier molecular flexibility index (Phi) is 2.79. The molecule has 0 aromatic carbocycles. The Morgan fingerprint density at radius 3 is 2.53 bits per heavy atom. The topological polar surface area (TPSA) is 95.7 Å². The van der Waals surface area contributed by atoms with E-state index < -0.39 is 14.2 Å². The Morgan fingerprint density at radius 1 is 1.29 bits per heavy atom. The summed E-state index contributed by atoms with van der Waals surface area (Å²) in [6.07, 6.45) is 0. The van der Waals surface area contributed by atoms with Crippen molar-refractivity contribution in [3.05, 3.63) is 6.07 Å². The summed E-state index contributed by atoms with van der Waals surface area (Å²) in [5.41, 5.74) is 0. The van der Waals surface area contributed by atoms with Gasteiger partial charge in [0.05, 0.1) is 20.3 Å². The molecule has 0 radical (unpaired) electrons. The van der Waals surface area contributed by atoms with Crippen molar-refractivity contribution in [2.24, 2.45) is 0 Å². The fourth-order valence-electron chi connectivity index (χ4n) is 1.16. The van der Waals surface area contributed by atoms with Crippen LogP contribution < -0.4 is 9.47 Å². The third-order valence-corrected chi connectivity index (χ3v) is 2.90. The molecule has 0 bridgehead atoms. The number of ether oxygens (including phenoxy) is 2. The van der Waals surface area contributed by atoms with Crippen LogP contribution in [0.3, 0.4) is 0 Å². The molecule has 0 saturated carbocycles. The monoisotopic (exact) mass is 278 g/mol. The minimum absolute atomic E-state index is 0.0143. The van der Waals surface area contributed by atoms with Crippen LogP contribution in [0.15, 0.2) is 11.2 Å². The number of hydrogen-bond acceptors (Lipinski definition) is 7. The van der Waals surface area contributed by atoms with E-state index in [1.807, 2.05) is 0 Å². The van der Waals surface area contributed by atoms with Crippen LogP contribution in [0.1, 0.15) is 0 Å². The van der Waals surface area contributed by atoms with Gasteiger partial charge in [-0.2, -0.15) is 14.5 Å². The highest BCUT2D eigenvalue weighted by Crippen LogP contribution is 2.20. The van der Waals surface area contributed by atoms with Gasteiger partial charge in [0.2, 0.25) is 11.8 Å². The molecule has 92 valence electrons. The fourth-order valence-corrected chi connectivity index (χ4v) is 1.72. The molecule has 0 N–H and O–H groups in total. The molecular weight excluding hydrogens is 272 g/mol. The number of aromatic nitrogens is 4. The summed E-state index contributed by atoms with van der Waals surface area (Å²) in [5.74, 6) is 0.464. The molecule has 0 amide bonds. The molecule has 0 spiro atoms. The molecule has 0 aliphatic heterocycles. The van der Waals surface area contributed by atoms with Gasteiger partial charge in [-0.05, 0) is 0 Å². The van der Waals surface area contributed by atoms with Crippen molar-refractivity contribution in [3.63, 3.8) is 0 Å². The largest absolute Gasteiger partial charge is 0.481 e. The SMILES string of the molecule is COc1cc(OC)n2nc(S(=O)(=O)Cl)nc2n1. The first-order valence-corrected chi connectivity index (χ1v) is 6.57. The molecule has 8 nitrogen and oxygen atoms in total. The molecule has 0 aliphatic carbocycles. The Morgan fingerprint density at radius 2 is 2.00 bits per heavy atom. The highest BCUT2D eigenvalue weighted by Gasteiger charge is 2.20. The van der Waals surface area contributed by atoms with E-state index in [1.54, 1.807) is 0 Å². The molecule has 2 aromatic heterocycles. The lowest BCUT2D eigenvalue weighted by Gasteiger charge is -2.03. The van der Waals surface area contributed by atoms with E-state index in [4.69, 9.17) is 20.2 Å². The smallest absolute Gasteiger partial charge is 0.298 e. The Hall–Kier alpha value is -1.61. The van der Waals surface area contributed by atoms with Crippen LogP contribution in [0.2, 0.25) is 0 Å². The molecule has 2 aromatic rings. The van der Waals surface area contributed by atoms with Crippen LogP contribution in [0.5, 0.6) is 11.8 Å². The Balaban J connectivity index is 2.76. The first kappa shape index (κ1) is 11.9. The number of fused-ring (bicyclic) bond motifs is 1. The molecule has 2 heterocycles. The van der Waals surface area contributed by atoms with Crippen LogP contribution >= 0.6 is 10.7 Å². The fraction of sp³-hybridized carbons (Fsp3) is 0.286.